The summed E-state index contributed by atoms with van der Waals surface area (Å²) in [6.45, 7) is 2.09. The van der Waals surface area contributed by atoms with Crippen LogP contribution in [0.15, 0.2) is 0 Å². The Morgan fingerprint density at radius 1 is 1.36 bits per heavy atom. The van der Waals surface area contributed by atoms with E-state index in [0.29, 0.717) is 18.7 Å². The van der Waals surface area contributed by atoms with Crippen LogP contribution in [0.3, 0.4) is 0 Å². The van der Waals surface area contributed by atoms with Crippen molar-refractivity contribution < 1.29 is 9.84 Å². The molecule has 0 aromatic rings. The first-order valence-electron chi connectivity index (χ1n) is 5.85. The molecule has 0 amide bonds. The predicted octanol–water partition coefficient (Wildman–Crippen LogP) is 0.916. The molecule has 0 spiro atoms. The van der Waals surface area contributed by atoms with Crippen LogP contribution >= 0.6 is 0 Å². The summed E-state index contributed by atoms with van der Waals surface area (Å²) < 4.78 is 5.44. The number of ether oxygens (including phenoxy) is 1. The largest absolute Gasteiger partial charge is 0.396 e. The normalized spacial score (nSPS) is 30.2. The standard InChI is InChI=1S/C11H21NO2/c13-6-5-11(9-3-4-9)12-10-2-1-7-14-8-10/h9-13H,1-8H2. The Hall–Kier alpha value is -0.120. The zero-order valence-corrected chi connectivity index (χ0v) is 8.74. The third-order valence-corrected chi connectivity index (χ3v) is 3.24. The molecule has 3 heteroatoms. The summed E-state index contributed by atoms with van der Waals surface area (Å²) in [5.74, 6) is 0.823. The van der Waals surface area contributed by atoms with Gasteiger partial charge < -0.3 is 15.2 Å². The smallest absolute Gasteiger partial charge is 0.0619 e. The molecule has 2 N–H and O–H groups in total. The molecule has 0 radical (unpaired) electrons. The highest BCUT2D eigenvalue weighted by Gasteiger charge is 2.32. The monoisotopic (exact) mass is 199 g/mol. The highest BCUT2D eigenvalue weighted by Crippen LogP contribution is 2.34. The van der Waals surface area contributed by atoms with Crippen LogP contribution in [0.1, 0.15) is 32.1 Å². The quantitative estimate of drug-likeness (QED) is 0.691. The molecule has 1 saturated heterocycles. The van der Waals surface area contributed by atoms with Gasteiger partial charge in [0.1, 0.15) is 0 Å². The van der Waals surface area contributed by atoms with Gasteiger partial charge >= 0.3 is 0 Å². The zero-order chi connectivity index (χ0) is 9.80. The van der Waals surface area contributed by atoms with Crippen molar-refractivity contribution in [1.82, 2.24) is 5.32 Å². The summed E-state index contributed by atoms with van der Waals surface area (Å²) in [6, 6.07) is 1.06. The van der Waals surface area contributed by atoms with Crippen LogP contribution in [0, 0.1) is 5.92 Å². The van der Waals surface area contributed by atoms with Gasteiger partial charge in [-0.25, -0.2) is 0 Å². The van der Waals surface area contributed by atoms with Crippen LogP contribution in [0.4, 0.5) is 0 Å². The number of aliphatic hydroxyl groups is 1. The third-order valence-electron chi connectivity index (χ3n) is 3.24. The van der Waals surface area contributed by atoms with E-state index in [9.17, 15) is 0 Å². The van der Waals surface area contributed by atoms with Gasteiger partial charge in [-0.1, -0.05) is 0 Å². The first kappa shape index (κ1) is 10.4. The van der Waals surface area contributed by atoms with Crippen molar-refractivity contribution in [3.63, 3.8) is 0 Å². The maximum Gasteiger partial charge on any atom is 0.0619 e. The summed E-state index contributed by atoms with van der Waals surface area (Å²) in [5.41, 5.74) is 0. The summed E-state index contributed by atoms with van der Waals surface area (Å²) in [5, 5.41) is 12.6. The van der Waals surface area contributed by atoms with Crippen molar-refractivity contribution in [2.75, 3.05) is 19.8 Å². The second-order valence-corrected chi connectivity index (χ2v) is 4.54. The van der Waals surface area contributed by atoms with E-state index < -0.39 is 0 Å². The lowest BCUT2D eigenvalue weighted by Crippen LogP contribution is -2.44. The molecular weight excluding hydrogens is 178 g/mol. The van der Waals surface area contributed by atoms with Crippen molar-refractivity contribution in [3.05, 3.63) is 0 Å². The second kappa shape index (κ2) is 5.10. The lowest BCUT2D eigenvalue weighted by Gasteiger charge is -2.28. The first-order valence-corrected chi connectivity index (χ1v) is 5.85. The molecule has 1 aliphatic heterocycles. The lowest BCUT2D eigenvalue weighted by molar-refractivity contribution is 0.0635. The second-order valence-electron chi connectivity index (χ2n) is 4.54. The van der Waals surface area contributed by atoms with Gasteiger partial charge in [0.2, 0.25) is 0 Å². The summed E-state index contributed by atoms with van der Waals surface area (Å²) >= 11 is 0. The van der Waals surface area contributed by atoms with E-state index in [-0.39, 0.29) is 0 Å². The average molecular weight is 199 g/mol. The van der Waals surface area contributed by atoms with Crippen LogP contribution in [-0.2, 0) is 4.74 Å². The van der Waals surface area contributed by atoms with Crippen LogP contribution in [-0.4, -0.2) is 37.0 Å². The minimum Gasteiger partial charge on any atom is -0.396 e. The van der Waals surface area contributed by atoms with Crippen LogP contribution in [0.5, 0.6) is 0 Å². The predicted molar refractivity (Wildman–Crippen MR) is 55.2 cm³/mol. The molecular formula is C11H21NO2. The van der Waals surface area contributed by atoms with Gasteiger partial charge in [-0.2, -0.15) is 0 Å². The Bertz CT molecular complexity index is 165. The number of hydrogen-bond donors (Lipinski definition) is 2. The summed E-state index contributed by atoms with van der Waals surface area (Å²) in [6.07, 6.45) is 5.99. The molecule has 2 rings (SSSR count). The number of hydrogen-bond acceptors (Lipinski definition) is 3. The molecule has 82 valence electrons. The lowest BCUT2D eigenvalue weighted by atomic mass is 10.0. The zero-order valence-electron chi connectivity index (χ0n) is 8.74. The Balaban J connectivity index is 1.73. The summed E-state index contributed by atoms with van der Waals surface area (Å²) in [4.78, 5) is 0. The SMILES string of the molecule is OCCC(NC1CCCOC1)C1CC1. The van der Waals surface area contributed by atoms with Crippen molar-refractivity contribution in [2.24, 2.45) is 5.92 Å². The Morgan fingerprint density at radius 3 is 2.79 bits per heavy atom. The number of rotatable bonds is 5. The van der Waals surface area contributed by atoms with E-state index in [1.165, 1.54) is 25.7 Å². The molecule has 0 bridgehead atoms. The Morgan fingerprint density at radius 2 is 2.21 bits per heavy atom. The Labute approximate surface area is 85.8 Å². The van der Waals surface area contributed by atoms with Gasteiger partial charge in [0.25, 0.3) is 0 Å². The molecule has 1 aliphatic carbocycles. The number of aliphatic hydroxyl groups excluding tert-OH is 1. The molecule has 3 nitrogen and oxygen atoms in total. The van der Waals surface area contributed by atoms with E-state index >= 15 is 0 Å². The van der Waals surface area contributed by atoms with Gasteiger partial charge in [-0.3, -0.25) is 0 Å². The van der Waals surface area contributed by atoms with Crippen molar-refractivity contribution in [3.8, 4) is 0 Å². The van der Waals surface area contributed by atoms with Gasteiger partial charge in [-0.05, 0) is 38.0 Å². The highest BCUT2D eigenvalue weighted by atomic mass is 16.5. The molecule has 1 saturated carbocycles. The minimum absolute atomic E-state index is 0.307. The molecule has 2 aliphatic rings. The fourth-order valence-corrected chi connectivity index (χ4v) is 2.27. The van der Waals surface area contributed by atoms with Gasteiger partial charge in [-0.15, -0.1) is 0 Å². The third kappa shape index (κ3) is 2.94. The van der Waals surface area contributed by atoms with E-state index in [2.05, 4.69) is 5.32 Å². The molecule has 0 aromatic heterocycles. The fraction of sp³-hybridized carbons (Fsp3) is 1.00. The van der Waals surface area contributed by atoms with E-state index in [4.69, 9.17) is 9.84 Å². The maximum absolute atomic E-state index is 8.97. The first-order chi connectivity index (χ1) is 6.90. The van der Waals surface area contributed by atoms with Crippen LogP contribution < -0.4 is 5.32 Å². The van der Waals surface area contributed by atoms with E-state index in [1.807, 2.05) is 0 Å². The molecule has 2 fully saturated rings. The topological polar surface area (TPSA) is 41.5 Å². The molecule has 1 heterocycles. The van der Waals surface area contributed by atoms with Crippen molar-refractivity contribution >= 4 is 0 Å². The molecule has 2 atom stereocenters. The van der Waals surface area contributed by atoms with Gasteiger partial charge in [0.05, 0.1) is 6.61 Å². The van der Waals surface area contributed by atoms with E-state index in [1.54, 1.807) is 0 Å². The number of nitrogens with one attached hydrogen (secondary N) is 1. The maximum atomic E-state index is 8.97. The molecule has 14 heavy (non-hydrogen) atoms. The van der Waals surface area contributed by atoms with Crippen LogP contribution in [0.2, 0.25) is 0 Å². The van der Waals surface area contributed by atoms with E-state index in [0.717, 1.165) is 25.6 Å². The average Bonchev–Trinajstić information content (AvgIpc) is 3.02. The fourth-order valence-electron chi connectivity index (χ4n) is 2.27. The van der Waals surface area contributed by atoms with Crippen molar-refractivity contribution in [2.45, 2.75) is 44.2 Å². The Kier molecular flexibility index (Phi) is 3.79. The van der Waals surface area contributed by atoms with Crippen molar-refractivity contribution in [1.29, 1.82) is 0 Å². The molecule has 2 unspecified atom stereocenters. The molecule has 0 aromatic carbocycles. The van der Waals surface area contributed by atoms with Gasteiger partial charge in [0.15, 0.2) is 0 Å². The minimum atomic E-state index is 0.307. The van der Waals surface area contributed by atoms with Crippen LogP contribution in [0.25, 0.3) is 0 Å². The van der Waals surface area contributed by atoms with Gasteiger partial charge in [0, 0.05) is 25.3 Å². The summed E-state index contributed by atoms with van der Waals surface area (Å²) in [7, 11) is 0. The highest BCUT2D eigenvalue weighted by molar-refractivity contribution is 4.88.